The van der Waals surface area contributed by atoms with Gasteiger partial charge in [0.25, 0.3) is 0 Å². The number of hydrogen-bond donors (Lipinski definition) is 0. The third-order valence-corrected chi connectivity index (χ3v) is 3.58. The van der Waals surface area contributed by atoms with Gasteiger partial charge in [-0.25, -0.2) is 14.6 Å². The maximum absolute atomic E-state index is 5.90. The number of benzene rings is 1. The Morgan fingerprint density at radius 3 is 2.38 bits per heavy atom. The van der Waals surface area contributed by atoms with E-state index < -0.39 is 0 Å². The van der Waals surface area contributed by atoms with Crippen molar-refractivity contribution in [3.63, 3.8) is 0 Å². The number of aromatic nitrogens is 5. The van der Waals surface area contributed by atoms with E-state index in [0.717, 1.165) is 17.0 Å². The Kier molecular flexibility index (Phi) is 3.38. The Morgan fingerprint density at radius 1 is 0.917 bits per heavy atom. The Labute approximate surface area is 138 Å². The van der Waals surface area contributed by atoms with Gasteiger partial charge in [-0.3, -0.25) is 4.40 Å². The van der Waals surface area contributed by atoms with Gasteiger partial charge >= 0.3 is 0 Å². The Morgan fingerprint density at radius 2 is 1.67 bits per heavy atom. The van der Waals surface area contributed by atoms with Crippen molar-refractivity contribution in [3.05, 3.63) is 60.8 Å². The molecule has 0 saturated heterocycles. The molecule has 0 fully saturated rings. The second-order valence-electron chi connectivity index (χ2n) is 5.32. The number of imidazole rings is 1. The highest BCUT2D eigenvalue weighted by Crippen LogP contribution is 2.24. The molecule has 0 unspecified atom stereocenters. The van der Waals surface area contributed by atoms with E-state index in [4.69, 9.17) is 9.47 Å². The summed E-state index contributed by atoms with van der Waals surface area (Å²) in [6.45, 7) is 1.99. The monoisotopic (exact) mass is 321 g/mol. The summed E-state index contributed by atoms with van der Waals surface area (Å²) in [5, 5.41) is 4.30. The number of hydrogen-bond acceptors (Lipinski definition) is 5. The third kappa shape index (κ3) is 2.56. The van der Waals surface area contributed by atoms with E-state index in [-0.39, 0.29) is 0 Å². The van der Waals surface area contributed by atoms with Gasteiger partial charge in [0, 0.05) is 12.4 Å². The standard InChI is InChI=1S/C17H15N5O2/c1-12-7-20-22(10-12)13-8-18-17-19-9-16(21(17)11-13)24-15-5-3-14(23-2)4-6-15/h3-11H,1-2H3. The molecule has 4 aromatic rings. The zero-order chi connectivity index (χ0) is 16.5. The van der Waals surface area contributed by atoms with Crippen molar-refractivity contribution in [2.45, 2.75) is 6.92 Å². The number of fused-ring (bicyclic) bond motifs is 1. The molecule has 0 N–H and O–H groups in total. The maximum Gasteiger partial charge on any atom is 0.236 e. The van der Waals surface area contributed by atoms with Crippen molar-refractivity contribution in [2.24, 2.45) is 0 Å². The van der Waals surface area contributed by atoms with Gasteiger partial charge in [0.05, 0.1) is 31.4 Å². The summed E-state index contributed by atoms with van der Waals surface area (Å²) in [4.78, 5) is 8.61. The van der Waals surface area contributed by atoms with Crippen LogP contribution in [0.3, 0.4) is 0 Å². The Hall–Kier alpha value is -3.35. The molecule has 3 heterocycles. The van der Waals surface area contributed by atoms with Crippen molar-refractivity contribution >= 4 is 5.78 Å². The molecule has 24 heavy (non-hydrogen) atoms. The minimum atomic E-state index is 0.561. The van der Waals surface area contributed by atoms with Crippen LogP contribution in [0, 0.1) is 6.92 Å². The van der Waals surface area contributed by atoms with Crippen molar-refractivity contribution < 1.29 is 9.47 Å². The van der Waals surface area contributed by atoms with Gasteiger partial charge in [-0.15, -0.1) is 0 Å². The summed E-state index contributed by atoms with van der Waals surface area (Å²) < 4.78 is 14.6. The van der Waals surface area contributed by atoms with Gasteiger partial charge < -0.3 is 9.47 Å². The number of aryl methyl sites for hydroxylation is 1. The molecule has 3 aromatic heterocycles. The Bertz CT molecular complexity index is 988. The molecule has 7 nitrogen and oxygen atoms in total. The van der Waals surface area contributed by atoms with Gasteiger partial charge in [-0.05, 0) is 36.8 Å². The van der Waals surface area contributed by atoms with Crippen LogP contribution in [-0.2, 0) is 0 Å². The van der Waals surface area contributed by atoms with Gasteiger partial charge in [0.15, 0.2) is 0 Å². The third-order valence-electron chi connectivity index (χ3n) is 3.58. The lowest BCUT2D eigenvalue weighted by Crippen LogP contribution is -2.00. The molecule has 0 spiro atoms. The molecule has 4 rings (SSSR count). The van der Waals surface area contributed by atoms with Crippen LogP contribution in [0.2, 0.25) is 0 Å². The zero-order valence-electron chi connectivity index (χ0n) is 13.2. The zero-order valence-corrected chi connectivity index (χ0v) is 13.2. The van der Waals surface area contributed by atoms with Crippen LogP contribution >= 0.6 is 0 Å². The van der Waals surface area contributed by atoms with E-state index >= 15 is 0 Å². The first-order valence-corrected chi connectivity index (χ1v) is 7.39. The number of nitrogens with zero attached hydrogens (tertiary/aromatic N) is 5. The fourth-order valence-electron chi connectivity index (χ4n) is 2.35. The molecular weight excluding hydrogens is 306 g/mol. The van der Waals surface area contributed by atoms with Crippen LogP contribution in [0.5, 0.6) is 17.4 Å². The lowest BCUT2D eigenvalue weighted by molar-refractivity contribution is 0.412. The summed E-state index contributed by atoms with van der Waals surface area (Å²) in [5.41, 5.74) is 1.91. The number of rotatable bonds is 4. The smallest absolute Gasteiger partial charge is 0.236 e. The summed E-state index contributed by atoms with van der Waals surface area (Å²) in [6, 6.07) is 7.36. The first kappa shape index (κ1) is 14.3. The van der Waals surface area contributed by atoms with Crippen LogP contribution in [0.4, 0.5) is 0 Å². The molecule has 0 bridgehead atoms. The molecule has 0 saturated carbocycles. The van der Waals surface area contributed by atoms with Crippen molar-refractivity contribution in [1.29, 1.82) is 0 Å². The van der Waals surface area contributed by atoms with E-state index in [1.54, 1.807) is 34.8 Å². The van der Waals surface area contributed by atoms with Gasteiger partial charge in [-0.1, -0.05) is 0 Å². The van der Waals surface area contributed by atoms with E-state index in [1.165, 1.54) is 0 Å². The summed E-state index contributed by atoms with van der Waals surface area (Å²) in [5.74, 6) is 2.61. The molecule has 7 heteroatoms. The van der Waals surface area contributed by atoms with Crippen molar-refractivity contribution in [1.82, 2.24) is 24.1 Å². The summed E-state index contributed by atoms with van der Waals surface area (Å²) >= 11 is 0. The van der Waals surface area contributed by atoms with Crippen molar-refractivity contribution in [3.8, 4) is 23.1 Å². The lowest BCUT2D eigenvalue weighted by Gasteiger charge is -2.07. The van der Waals surface area contributed by atoms with E-state index in [1.807, 2.05) is 43.6 Å². The first-order valence-electron chi connectivity index (χ1n) is 7.39. The van der Waals surface area contributed by atoms with Crippen molar-refractivity contribution in [2.75, 3.05) is 7.11 Å². The molecule has 0 aliphatic heterocycles. The number of methoxy groups -OCH3 is 1. The normalized spacial score (nSPS) is 10.9. The van der Waals surface area contributed by atoms with Gasteiger partial charge in [0.1, 0.15) is 11.5 Å². The SMILES string of the molecule is COc1ccc(Oc2cnc3ncc(-n4cc(C)cn4)cn23)cc1. The predicted molar refractivity (Wildman–Crippen MR) is 87.9 cm³/mol. The van der Waals surface area contributed by atoms with E-state index in [2.05, 4.69) is 15.1 Å². The molecule has 0 aliphatic rings. The highest BCUT2D eigenvalue weighted by atomic mass is 16.5. The highest BCUT2D eigenvalue weighted by molar-refractivity contribution is 5.41. The molecular formula is C17H15N5O2. The fraction of sp³-hybridized carbons (Fsp3) is 0.118. The lowest BCUT2D eigenvalue weighted by atomic mass is 10.3. The molecule has 0 aliphatic carbocycles. The van der Waals surface area contributed by atoms with Gasteiger partial charge in [-0.2, -0.15) is 5.10 Å². The highest BCUT2D eigenvalue weighted by Gasteiger charge is 2.09. The largest absolute Gasteiger partial charge is 0.497 e. The Balaban J connectivity index is 1.70. The van der Waals surface area contributed by atoms with Crippen LogP contribution in [0.15, 0.2) is 55.2 Å². The average molecular weight is 321 g/mol. The van der Waals surface area contributed by atoms with Crippen LogP contribution in [0.25, 0.3) is 11.5 Å². The predicted octanol–water partition coefficient (Wildman–Crippen LogP) is 3.02. The second-order valence-corrected chi connectivity index (χ2v) is 5.32. The van der Waals surface area contributed by atoms with E-state index in [9.17, 15) is 0 Å². The van der Waals surface area contributed by atoms with Crippen LogP contribution < -0.4 is 9.47 Å². The second kappa shape index (κ2) is 5.69. The fourth-order valence-corrected chi connectivity index (χ4v) is 2.35. The quantitative estimate of drug-likeness (QED) is 0.578. The van der Waals surface area contributed by atoms with Crippen LogP contribution in [-0.4, -0.2) is 31.3 Å². The molecule has 120 valence electrons. The summed E-state index contributed by atoms with van der Waals surface area (Å²) in [6.07, 6.45) is 8.99. The first-order chi connectivity index (χ1) is 11.7. The topological polar surface area (TPSA) is 66.5 Å². The average Bonchev–Trinajstić information content (AvgIpc) is 3.22. The summed E-state index contributed by atoms with van der Waals surface area (Å²) in [7, 11) is 1.63. The van der Waals surface area contributed by atoms with Gasteiger partial charge in [0.2, 0.25) is 11.7 Å². The number of ether oxygens (including phenoxy) is 2. The molecule has 0 atom stereocenters. The molecule has 0 radical (unpaired) electrons. The molecule has 0 amide bonds. The minimum Gasteiger partial charge on any atom is -0.497 e. The molecule has 1 aromatic carbocycles. The van der Waals surface area contributed by atoms with Crippen LogP contribution in [0.1, 0.15) is 5.56 Å². The van der Waals surface area contributed by atoms with E-state index in [0.29, 0.717) is 17.4 Å². The minimum absolute atomic E-state index is 0.561. The maximum atomic E-state index is 5.90.